The number of para-hydroxylation sites is 1. The second-order valence-corrected chi connectivity index (χ2v) is 8.76. The molecule has 0 aliphatic rings. The minimum absolute atomic E-state index is 1.21. The summed E-state index contributed by atoms with van der Waals surface area (Å²) in [6, 6.07) is 13.5. The Morgan fingerprint density at radius 3 is 2.19 bits per heavy atom. The monoisotopic (exact) mass is 461 g/mol. The quantitative estimate of drug-likeness (QED) is 0.218. The average Bonchev–Trinajstić information content (AvgIpc) is 3.03. The van der Waals surface area contributed by atoms with Crippen LogP contribution < -0.4 is 0 Å². The first-order valence-electron chi connectivity index (χ1n) is 10.5. The van der Waals surface area contributed by atoms with Gasteiger partial charge in [0, 0.05) is 19.9 Å². The highest BCUT2D eigenvalue weighted by molar-refractivity contribution is 14.1. The molecule has 1 N–H and O–H groups in total. The van der Waals surface area contributed by atoms with Crippen molar-refractivity contribution in [3.05, 3.63) is 45.5 Å². The van der Waals surface area contributed by atoms with Gasteiger partial charge in [0.2, 0.25) is 0 Å². The van der Waals surface area contributed by atoms with E-state index in [4.69, 9.17) is 0 Å². The van der Waals surface area contributed by atoms with E-state index in [-0.39, 0.29) is 0 Å². The summed E-state index contributed by atoms with van der Waals surface area (Å²) in [5.41, 5.74) is 4.02. The standard InChI is InChI=1S/C24H32IN/c1-2-3-4-5-6-7-8-9-10-11-13-19-16-17-23-21(18-19)20-14-12-15-22(25)24(20)26-23/h12,14-18,26H,2-11,13H2,1H3. The fraction of sp³-hybridized carbons (Fsp3) is 0.500. The summed E-state index contributed by atoms with van der Waals surface area (Å²) in [6.45, 7) is 2.29. The van der Waals surface area contributed by atoms with Crippen molar-refractivity contribution in [1.82, 2.24) is 4.98 Å². The topological polar surface area (TPSA) is 15.8 Å². The van der Waals surface area contributed by atoms with Crippen LogP contribution in [0.3, 0.4) is 0 Å². The zero-order valence-electron chi connectivity index (χ0n) is 16.1. The number of unbranched alkanes of at least 4 members (excludes halogenated alkanes) is 9. The summed E-state index contributed by atoms with van der Waals surface area (Å²) in [7, 11) is 0. The Balaban J connectivity index is 1.43. The molecule has 0 aliphatic heterocycles. The van der Waals surface area contributed by atoms with Crippen molar-refractivity contribution < 1.29 is 0 Å². The molecule has 0 aliphatic carbocycles. The van der Waals surface area contributed by atoms with Crippen molar-refractivity contribution in [2.45, 2.75) is 77.6 Å². The van der Waals surface area contributed by atoms with Crippen molar-refractivity contribution in [1.29, 1.82) is 0 Å². The first-order chi connectivity index (χ1) is 12.8. The number of hydrogen-bond acceptors (Lipinski definition) is 0. The maximum absolute atomic E-state index is 3.57. The predicted octanol–water partition coefficient (Wildman–Crippen LogP) is 8.39. The van der Waals surface area contributed by atoms with E-state index in [9.17, 15) is 0 Å². The van der Waals surface area contributed by atoms with E-state index in [1.165, 1.54) is 102 Å². The van der Waals surface area contributed by atoms with Crippen LogP contribution in [0.1, 0.15) is 76.7 Å². The Bertz CT molecular complexity index is 818. The summed E-state index contributed by atoms with van der Waals surface area (Å²) < 4.78 is 1.30. The van der Waals surface area contributed by atoms with Gasteiger partial charge in [-0.3, -0.25) is 0 Å². The maximum atomic E-state index is 3.57. The number of benzene rings is 2. The molecule has 0 amide bonds. The normalized spacial score (nSPS) is 11.6. The van der Waals surface area contributed by atoms with Crippen LogP contribution in [0.4, 0.5) is 0 Å². The maximum Gasteiger partial charge on any atom is 0.0600 e. The van der Waals surface area contributed by atoms with Crippen molar-refractivity contribution in [2.75, 3.05) is 0 Å². The lowest BCUT2D eigenvalue weighted by Gasteiger charge is -2.04. The van der Waals surface area contributed by atoms with Crippen LogP contribution in [0.15, 0.2) is 36.4 Å². The Morgan fingerprint density at radius 2 is 1.46 bits per heavy atom. The van der Waals surface area contributed by atoms with E-state index in [0.717, 1.165) is 0 Å². The minimum Gasteiger partial charge on any atom is -0.354 e. The lowest BCUT2D eigenvalue weighted by atomic mass is 10.0. The molecule has 2 aromatic carbocycles. The molecule has 0 fully saturated rings. The molecule has 26 heavy (non-hydrogen) atoms. The van der Waals surface area contributed by atoms with Gasteiger partial charge in [0.1, 0.15) is 0 Å². The van der Waals surface area contributed by atoms with E-state index in [1.807, 2.05) is 0 Å². The van der Waals surface area contributed by atoms with Gasteiger partial charge in [0.05, 0.1) is 5.52 Å². The van der Waals surface area contributed by atoms with Gasteiger partial charge in [-0.2, -0.15) is 0 Å². The number of aromatic amines is 1. The zero-order chi connectivity index (χ0) is 18.2. The summed E-state index contributed by atoms with van der Waals surface area (Å²) >= 11 is 2.42. The van der Waals surface area contributed by atoms with E-state index < -0.39 is 0 Å². The highest BCUT2D eigenvalue weighted by atomic mass is 127. The molecule has 1 aromatic heterocycles. The summed E-state index contributed by atoms with van der Waals surface area (Å²) in [5, 5.41) is 2.74. The largest absolute Gasteiger partial charge is 0.354 e. The molecule has 0 bridgehead atoms. The Labute approximate surface area is 172 Å². The fourth-order valence-electron chi connectivity index (χ4n) is 3.91. The molecule has 0 radical (unpaired) electrons. The van der Waals surface area contributed by atoms with Crippen LogP contribution in [0.5, 0.6) is 0 Å². The lowest BCUT2D eigenvalue weighted by molar-refractivity contribution is 0.556. The predicted molar refractivity (Wildman–Crippen MR) is 124 cm³/mol. The average molecular weight is 461 g/mol. The van der Waals surface area contributed by atoms with Gasteiger partial charge in [-0.05, 0) is 59.2 Å². The zero-order valence-corrected chi connectivity index (χ0v) is 18.3. The second-order valence-electron chi connectivity index (χ2n) is 7.60. The SMILES string of the molecule is CCCCCCCCCCCCc1ccc2[nH]c3c(I)cccc3c2c1. The molecule has 0 spiro atoms. The number of aryl methyl sites for hydroxylation is 1. The molecule has 1 heterocycles. The molecule has 1 nitrogen and oxygen atoms in total. The third-order valence-corrected chi connectivity index (χ3v) is 6.37. The molecular formula is C24H32IN. The van der Waals surface area contributed by atoms with Crippen molar-refractivity contribution in [2.24, 2.45) is 0 Å². The van der Waals surface area contributed by atoms with Gasteiger partial charge >= 0.3 is 0 Å². The molecule has 0 saturated heterocycles. The van der Waals surface area contributed by atoms with Crippen LogP contribution in [0.25, 0.3) is 21.8 Å². The van der Waals surface area contributed by atoms with Gasteiger partial charge in [-0.1, -0.05) is 82.9 Å². The summed E-state index contributed by atoms with van der Waals surface area (Å²) in [4.78, 5) is 3.57. The number of hydrogen-bond donors (Lipinski definition) is 1. The first kappa shape index (κ1) is 19.7. The lowest BCUT2D eigenvalue weighted by Crippen LogP contribution is -1.87. The summed E-state index contributed by atoms with van der Waals surface area (Å²) in [6.07, 6.45) is 15.3. The van der Waals surface area contributed by atoms with Crippen LogP contribution in [-0.4, -0.2) is 4.98 Å². The summed E-state index contributed by atoms with van der Waals surface area (Å²) in [5.74, 6) is 0. The van der Waals surface area contributed by atoms with Gasteiger partial charge in [0.15, 0.2) is 0 Å². The van der Waals surface area contributed by atoms with Gasteiger partial charge in [0.25, 0.3) is 0 Å². The van der Waals surface area contributed by atoms with Crippen molar-refractivity contribution in [3.8, 4) is 0 Å². The molecular weight excluding hydrogens is 429 g/mol. The fourth-order valence-corrected chi connectivity index (χ4v) is 4.54. The smallest absolute Gasteiger partial charge is 0.0600 e. The molecule has 2 heteroatoms. The molecule has 140 valence electrons. The highest BCUT2D eigenvalue weighted by Gasteiger charge is 2.07. The van der Waals surface area contributed by atoms with Gasteiger partial charge < -0.3 is 4.98 Å². The molecule has 3 rings (SSSR count). The number of nitrogens with one attached hydrogen (secondary N) is 1. The number of aromatic nitrogens is 1. The number of halogens is 1. The second kappa shape index (κ2) is 10.3. The van der Waals surface area contributed by atoms with E-state index in [2.05, 4.69) is 70.9 Å². The highest BCUT2D eigenvalue weighted by Crippen LogP contribution is 2.29. The van der Waals surface area contributed by atoms with Crippen LogP contribution in [-0.2, 0) is 6.42 Å². The van der Waals surface area contributed by atoms with E-state index >= 15 is 0 Å². The Kier molecular flexibility index (Phi) is 7.85. The van der Waals surface area contributed by atoms with Crippen LogP contribution >= 0.6 is 22.6 Å². The first-order valence-corrected chi connectivity index (χ1v) is 11.6. The Morgan fingerprint density at radius 1 is 0.769 bits per heavy atom. The Hall–Kier alpha value is -1.03. The van der Waals surface area contributed by atoms with Crippen LogP contribution in [0, 0.1) is 3.57 Å². The van der Waals surface area contributed by atoms with Crippen molar-refractivity contribution >= 4 is 44.4 Å². The number of rotatable bonds is 11. The van der Waals surface area contributed by atoms with E-state index in [1.54, 1.807) is 0 Å². The van der Waals surface area contributed by atoms with Crippen LogP contribution in [0.2, 0.25) is 0 Å². The van der Waals surface area contributed by atoms with Crippen molar-refractivity contribution in [3.63, 3.8) is 0 Å². The third-order valence-electron chi connectivity index (χ3n) is 5.47. The third kappa shape index (κ3) is 5.25. The van der Waals surface area contributed by atoms with E-state index in [0.29, 0.717) is 0 Å². The molecule has 0 saturated carbocycles. The number of fused-ring (bicyclic) bond motifs is 3. The minimum atomic E-state index is 1.21. The van der Waals surface area contributed by atoms with Gasteiger partial charge in [-0.25, -0.2) is 0 Å². The van der Waals surface area contributed by atoms with Gasteiger partial charge in [-0.15, -0.1) is 0 Å². The molecule has 3 aromatic rings. The number of H-pyrrole nitrogens is 1. The molecule has 0 atom stereocenters. The molecule has 0 unspecified atom stereocenters.